The van der Waals surface area contributed by atoms with Crippen LogP contribution in [-0.2, 0) is 17.9 Å². The second-order valence-electron chi connectivity index (χ2n) is 5.90. The van der Waals surface area contributed by atoms with Crippen LogP contribution in [0.5, 0.6) is 5.75 Å². The first-order valence-corrected chi connectivity index (χ1v) is 8.41. The van der Waals surface area contributed by atoms with E-state index in [1.165, 1.54) is 21.9 Å². The van der Waals surface area contributed by atoms with Crippen LogP contribution >= 0.6 is 0 Å². The molecule has 0 radical (unpaired) electrons. The zero-order valence-corrected chi connectivity index (χ0v) is 15.2. The molecule has 0 spiro atoms. The molecule has 4 nitrogen and oxygen atoms in total. The normalized spacial score (nSPS) is 10.9. The molecule has 0 saturated carbocycles. The van der Waals surface area contributed by atoms with Crippen LogP contribution < -0.4 is 10.1 Å². The van der Waals surface area contributed by atoms with Crippen molar-refractivity contribution in [1.29, 1.82) is 0 Å². The van der Waals surface area contributed by atoms with Crippen molar-refractivity contribution < 1.29 is 27.8 Å². The number of benzene rings is 3. The third-order valence-electron chi connectivity index (χ3n) is 3.90. The van der Waals surface area contributed by atoms with Gasteiger partial charge >= 0.3 is 12.1 Å². The smallest absolute Gasteiger partial charge is 0.490 e. The number of hydrogen-bond acceptors (Lipinski definition) is 3. The first-order valence-electron chi connectivity index (χ1n) is 8.41. The van der Waals surface area contributed by atoms with E-state index in [2.05, 4.69) is 59.9 Å². The minimum absolute atomic E-state index is 0.834. The van der Waals surface area contributed by atoms with Crippen LogP contribution in [0.15, 0.2) is 66.7 Å². The third kappa shape index (κ3) is 6.28. The molecule has 148 valence electrons. The van der Waals surface area contributed by atoms with Gasteiger partial charge in [-0.2, -0.15) is 13.2 Å². The minimum Gasteiger partial charge on any atom is -0.497 e. The molecule has 3 aromatic carbocycles. The van der Waals surface area contributed by atoms with Crippen molar-refractivity contribution in [3.05, 3.63) is 77.9 Å². The Kier molecular flexibility index (Phi) is 7.40. The van der Waals surface area contributed by atoms with Gasteiger partial charge in [-0.05, 0) is 34.0 Å². The Morgan fingerprint density at radius 3 is 2.32 bits per heavy atom. The highest BCUT2D eigenvalue weighted by Gasteiger charge is 2.38. The molecule has 0 bridgehead atoms. The van der Waals surface area contributed by atoms with Crippen molar-refractivity contribution in [2.45, 2.75) is 19.3 Å². The van der Waals surface area contributed by atoms with E-state index >= 15 is 0 Å². The van der Waals surface area contributed by atoms with E-state index in [0.717, 1.165) is 18.8 Å². The summed E-state index contributed by atoms with van der Waals surface area (Å²) in [5, 5.41) is 13.2. The number of rotatable bonds is 5. The molecule has 28 heavy (non-hydrogen) atoms. The summed E-state index contributed by atoms with van der Waals surface area (Å²) in [7, 11) is 1.70. The number of fused-ring (bicyclic) bond motifs is 1. The quantitative estimate of drug-likeness (QED) is 0.658. The van der Waals surface area contributed by atoms with Crippen molar-refractivity contribution >= 4 is 16.7 Å². The van der Waals surface area contributed by atoms with Crippen molar-refractivity contribution in [2.24, 2.45) is 0 Å². The average Bonchev–Trinajstić information content (AvgIpc) is 2.68. The first kappa shape index (κ1) is 21.2. The molecular weight excluding hydrogens is 371 g/mol. The predicted octanol–water partition coefficient (Wildman–Crippen LogP) is 4.77. The number of ether oxygens (including phenoxy) is 1. The summed E-state index contributed by atoms with van der Waals surface area (Å²) in [6.07, 6.45) is -5.08. The molecule has 0 aromatic heterocycles. The number of alkyl halides is 3. The lowest BCUT2D eigenvalue weighted by molar-refractivity contribution is -0.192. The van der Waals surface area contributed by atoms with Crippen LogP contribution in [0.25, 0.3) is 10.8 Å². The van der Waals surface area contributed by atoms with Gasteiger partial charge in [-0.15, -0.1) is 0 Å². The van der Waals surface area contributed by atoms with E-state index in [1.807, 2.05) is 12.1 Å². The zero-order chi connectivity index (χ0) is 20.6. The summed E-state index contributed by atoms with van der Waals surface area (Å²) in [4.78, 5) is 8.90. The van der Waals surface area contributed by atoms with Gasteiger partial charge in [0.15, 0.2) is 0 Å². The highest BCUT2D eigenvalue weighted by molar-refractivity contribution is 5.85. The Labute approximate surface area is 160 Å². The zero-order valence-electron chi connectivity index (χ0n) is 15.2. The Bertz CT molecular complexity index is 921. The van der Waals surface area contributed by atoms with Gasteiger partial charge in [0.2, 0.25) is 0 Å². The molecule has 2 N–H and O–H groups in total. The summed E-state index contributed by atoms with van der Waals surface area (Å²) in [5.41, 5.74) is 2.56. The van der Waals surface area contributed by atoms with Crippen LogP contribution in [0.4, 0.5) is 13.2 Å². The van der Waals surface area contributed by atoms with Crippen LogP contribution in [0.3, 0.4) is 0 Å². The SMILES string of the molecule is COc1cccc(CNCc2cccc3ccccc23)c1.O=C(O)C(F)(F)F. The third-order valence-corrected chi connectivity index (χ3v) is 3.90. The van der Waals surface area contributed by atoms with Crippen molar-refractivity contribution in [2.75, 3.05) is 7.11 Å². The van der Waals surface area contributed by atoms with Crippen molar-refractivity contribution in [3.63, 3.8) is 0 Å². The van der Waals surface area contributed by atoms with Crippen molar-refractivity contribution in [1.82, 2.24) is 5.32 Å². The molecule has 3 aromatic rings. The average molecular weight is 391 g/mol. The van der Waals surface area contributed by atoms with Gasteiger partial charge < -0.3 is 15.2 Å². The molecule has 0 unspecified atom stereocenters. The Balaban J connectivity index is 0.000000345. The van der Waals surface area contributed by atoms with E-state index in [0.29, 0.717) is 0 Å². The summed E-state index contributed by atoms with van der Waals surface area (Å²) in [5.74, 6) is -1.85. The van der Waals surface area contributed by atoms with E-state index in [1.54, 1.807) is 7.11 Å². The molecule has 0 fully saturated rings. The summed E-state index contributed by atoms with van der Waals surface area (Å²) in [6, 6.07) is 23.1. The number of carboxylic acid groups (broad SMARTS) is 1. The van der Waals surface area contributed by atoms with Gasteiger partial charge in [0.25, 0.3) is 0 Å². The van der Waals surface area contributed by atoms with E-state index in [-0.39, 0.29) is 0 Å². The maximum atomic E-state index is 10.6. The number of aliphatic carboxylic acids is 1. The predicted molar refractivity (Wildman–Crippen MR) is 101 cm³/mol. The van der Waals surface area contributed by atoms with Gasteiger partial charge in [0.05, 0.1) is 7.11 Å². The fourth-order valence-electron chi connectivity index (χ4n) is 2.57. The number of halogens is 3. The number of methoxy groups -OCH3 is 1. The largest absolute Gasteiger partial charge is 0.497 e. The van der Waals surface area contributed by atoms with Crippen LogP contribution in [0.2, 0.25) is 0 Å². The highest BCUT2D eigenvalue weighted by atomic mass is 19.4. The van der Waals surface area contributed by atoms with Gasteiger partial charge in [-0.1, -0.05) is 54.6 Å². The first-order chi connectivity index (χ1) is 13.3. The molecule has 0 aliphatic carbocycles. The maximum Gasteiger partial charge on any atom is 0.490 e. The maximum absolute atomic E-state index is 10.6. The Morgan fingerprint density at radius 1 is 1.00 bits per heavy atom. The highest BCUT2D eigenvalue weighted by Crippen LogP contribution is 2.18. The summed E-state index contributed by atoms with van der Waals surface area (Å²) >= 11 is 0. The monoisotopic (exact) mass is 391 g/mol. The van der Waals surface area contributed by atoms with E-state index in [9.17, 15) is 13.2 Å². The lowest BCUT2D eigenvalue weighted by atomic mass is 10.0. The standard InChI is InChI=1S/C19H19NO.C2HF3O2/c1-21-18-10-4-6-15(12-18)13-20-14-17-9-5-8-16-7-2-3-11-19(16)17;3-2(4,5)1(6)7/h2-12,20H,13-14H2,1H3;(H,6,7). The molecule has 7 heteroatoms. The van der Waals surface area contributed by atoms with Crippen LogP contribution in [0, 0.1) is 0 Å². The van der Waals surface area contributed by atoms with E-state index in [4.69, 9.17) is 14.6 Å². The van der Waals surface area contributed by atoms with Gasteiger partial charge in [0, 0.05) is 13.1 Å². The van der Waals surface area contributed by atoms with Crippen LogP contribution in [-0.4, -0.2) is 24.4 Å². The second kappa shape index (κ2) is 9.75. The molecule has 3 rings (SSSR count). The second-order valence-corrected chi connectivity index (χ2v) is 5.90. The van der Waals surface area contributed by atoms with Gasteiger partial charge in [-0.25, -0.2) is 4.79 Å². The molecule has 0 saturated heterocycles. The van der Waals surface area contributed by atoms with Crippen LogP contribution in [0.1, 0.15) is 11.1 Å². The fraction of sp³-hybridized carbons (Fsp3) is 0.190. The molecular formula is C21H20F3NO3. The number of nitrogens with one attached hydrogen (secondary N) is 1. The van der Waals surface area contributed by atoms with Gasteiger partial charge in [0.1, 0.15) is 5.75 Å². The number of hydrogen-bond donors (Lipinski definition) is 2. The summed E-state index contributed by atoms with van der Waals surface area (Å²) in [6.45, 7) is 1.69. The minimum atomic E-state index is -5.08. The lowest BCUT2D eigenvalue weighted by Crippen LogP contribution is -2.21. The topological polar surface area (TPSA) is 58.6 Å². The number of carboxylic acids is 1. The molecule has 0 aliphatic rings. The van der Waals surface area contributed by atoms with E-state index < -0.39 is 12.1 Å². The van der Waals surface area contributed by atoms with Gasteiger partial charge in [-0.3, -0.25) is 0 Å². The number of carbonyl (C=O) groups is 1. The molecule has 0 amide bonds. The molecule has 0 aliphatic heterocycles. The fourth-order valence-corrected chi connectivity index (χ4v) is 2.57. The Hall–Kier alpha value is -3.06. The molecule has 0 atom stereocenters. The lowest BCUT2D eigenvalue weighted by Gasteiger charge is -2.09. The van der Waals surface area contributed by atoms with Crippen molar-refractivity contribution in [3.8, 4) is 5.75 Å². The summed E-state index contributed by atoms with van der Waals surface area (Å²) < 4.78 is 37.0. The molecule has 0 heterocycles. The Morgan fingerprint density at radius 2 is 1.64 bits per heavy atom.